The average molecular weight is 769 g/mol. The van der Waals surface area contributed by atoms with Crippen LogP contribution in [0.4, 0.5) is 0 Å². The molecule has 3 aliphatic rings. The molecule has 5 heterocycles. The van der Waals surface area contributed by atoms with E-state index in [2.05, 4.69) is 9.97 Å². The predicted molar refractivity (Wildman–Crippen MR) is 175 cm³/mol. The van der Waals surface area contributed by atoms with Gasteiger partial charge >= 0.3 is 25.2 Å². The fourth-order valence-electron chi connectivity index (χ4n) is 5.94. The van der Waals surface area contributed by atoms with Gasteiger partial charge in [0.15, 0.2) is 0 Å². The Hall–Kier alpha value is -4.28. The second kappa shape index (κ2) is 16.4. The third-order valence-corrected chi connectivity index (χ3v) is 10.1. The van der Waals surface area contributed by atoms with Crippen molar-refractivity contribution >= 4 is 13.8 Å². The Kier molecular flexibility index (Phi) is 11.9. The maximum atomic E-state index is 14.3. The van der Waals surface area contributed by atoms with Crippen LogP contribution < -0.4 is 27.0 Å². The zero-order valence-corrected chi connectivity index (χ0v) is 28.6. The number of ether oxygens (including phenoxy) is 4. The number of phosphoric acid groups is 1. The standard InChI is InChI=1S/C31H37N4O17P/c36-13-20-25(39)26(40)27(41)29(50-20)51-28(42)18-3-1-2-4-19(18)52-53(45,46-14-16-5-7-23(48-16)34-11-9-21(37)32-30(34)43)47-15-17-6-8-24(49-17)35-12-10-22(38)33-31(35)44/h1-4,9-12,16-17,20,23-27,29,36,39-41H,5-8,13-15H2,(H,32,37,43)(H,33,38,44)/t16-,17-,20+,23+,24+,25+,26-,27+,29?/m0/s1. The van der Waals surface area contributed by atoms with Crippen LogP contribution in [0.1, 0.15) is 48.5 Å². The van der Waals surface area contributed by atoms with Gasteiger partial charge in [0.05, 0.1) is 32.0 Å². The van der Waals surface area contributed by atoms with E-state index in [1.54, 1.807) is 0 Å². The Labute approximate surface area is 297 Å². The molecule has 0 radical (unpaired) electrons. The van der Waals surface area contributed by atoms with E-state index in [1.165, 1.54) is 45.8 Å². The summed E-state index contributed by atoms with van der Waals surface area (Å²) in [7, 11) is -4.70. The molecule has 0 amide bonds. The maximum Gasteiger partial charge on any atom is 0.530 e. The van der Waals surface area contributed by atoms with Gasteiger partial charge in [-0.3, -0.25) is 37.7 Å². The van der Waals surface area contributed by atoms with E-state index in [4.69, 9.17) is 32.5 Å². The van der Waals surface area contributed by atoms with E-state index < -0.39 is 98.3 Å². The minimum absolute atomic E-state index is 0.333. The van der Waals surface area contributed by atoms with E-state index in [-0.39, 0.29) is 24.5 Å². The lowest BCUT2D eigenvalue weighted by molar-refractivity contribution is -0.285. The summed E-state index contributed by atoms with van der Waals surface area (Å²) in [4.78, 5) is 65.1. The number of para-hydroxylation sites is 1. The van der Waals surface area contributed by atoms with Gasteiger partial charge in [-0.1, -0.05) is 12.1 Å². The monoisotopic (exact) mass is 768 g/mol. The number of nitrogens with zero attached hydrogens (tertiary/aromatic N) is 2. The van der Waals surface area contributed by atoms with Gasteiger partial charge in [0.2, 0.25) is 6.29 Å². The van der Waals surface area contributed by atoms with E-state index in [0.717, 1.165) is 12.1 Å². The summed E-state index contributed by atoms with van der Waals surface area (Å²) < 4.78 is 56.1. The third-order valence-electron chi connectivity index (χ3n) is 8.72. The number of H-pyrrole nitrogens is 2. The smallest absolute Gasteiger partial charge is 0.429 e. The van der Waals surface area contributed by atoms with Crippen LogP contribution in [0, 0.1) is 0 Å². The number of aromatic nitrogens is 4. The van der Waals surface area contributed by atoms with Gasteiger partial charge in [0.1, 0.15) is 48.2 Å². The van der Waals surface area contributed by atoms with Crippen LogP contribution in [0.25, 0.3) is 0 Å². The van der Waals surface area contributed by atoms with Crippen molar-refractivity contribution in [2.45, 2.75) is 81.1 Å². The molecule has 3 fully saturated rings. The summed E-state index contributed by atoms with van der Waals surface area (Å²) in [5.41, 5.74) is -2.89. The largest absolute Gasteiger partial charge is 0.530 e. The Morgan fingerprint density at radius 3 is 1.85 bits per heavy atom. The summed E-state index contributed by atoms with van der Waals surface area (Å²) in [5.74, 6) is -1.54. The molecular formula is C31H37N4O17P. The first kappa shape index (κ1) is 38.4. The van der Waals surface area contributed by atoms with Crippen LogP contribution in [-0.2, 0) is 32.6 Å². The van der Waals surface area contributed by atoms with E-state index in [0.29, 0.717) is 25.7 Å². The molecular weight excluding hydrogens is 731 g/mol. The summed E-state index contributed by atoms with van der Waals surface area (Å²) in [6.45, 7) is -1.54. The van der Waals surface area contributed by atoms with Crippen molar-refractivity contribution in [3.63, 3.8) is 0 Å². The minimum Gasteiger partial charge on any atom is -0.429 e. The number of hydrogen-bond acceptors (Lipinski definition) is 17. The Balaban J connectivity index is 1.17. The lowest BCUT2D eigenvalue weighted by Gasteiger charge is -2.39. The Morgan fingerprint density at radius 2 is 1.32 bits per heavy atom. The molecule has 22 heteroatoms. The molecule has 53 heavy (non-hydrogen) atoms. The molecule has 0 aliphatic carbocycles. The number of hydrogen-bond donors (Lipinski definition) is 6. The number of carbonyl (C=O) groups is 1. The highest BCUT2D eigenvalue weighted by Gasteiger charge is 2.46. The zero-order chi connectivity index (χ0) is 37.9. The number of carbonyl (C=O) groups excluding carboxylic acids is 1. The maximum absolute atomic E-state index is 14.3. The van der Waals surface area contributed by atoms with Crippen molar-refractivity contribution in [2.24, 2.45) is 0 Å². The van der Waals surface area contributed by atoms with Crippen LogP contribution in [-0.4, -0.2) is 108 Å². The van der Waals surface area contributed by atoms with Crippen molar-refractivity contribution in [1.29, 1.82) is 0 Å². The summed E-state index contributed by atoms with van der Waals surface area (Å²) >= 11 is 0. The van der Waals surface area contributed by atoms with Crippen molar-refractivity contribution in [3.8, 4) is 5.75 Å². The molecule has 0 bridgehead atoms. The summed E-state index contributed by atoms with van der Waals surface area (Å²) in [6.07, 6.45) is -7.72. The van der Waals surface area contributed by atoms with Gasteiger partial charge in [-0.05, 0) is 37.8 Å². The van der Waals surface area contributed by atoms with E-state index in [9.17, 15) is 49.0 Å². The van der Waals surface area contributed by atoms with E-state index in [1.807, 2.05) is 0 Å². The van der Waals surface area contributed by atoms with Crippen molar-refractivity contribution in [1.82, 2.24) is 19.1 Å². The minimum atomic E-state index is -4.70. The first-order chi connectivity index (χ1) is 25.3. The van der Waals surface area contributed by atoms with Gasteiger partial charge in [-0.25, -0.2) is 18.9 Å². The van der Waals surface area contributed by atoms with Crippen LogP contribution in [0.3, 0.4) is 0 Å². The van der Waals surface area contributed by atoms with E-state index >= 15 is 0 Å². The number of benzene rings is 1. The quantitative estimate of drug-likeness (QED) is 0.0863. The molecule has 6 N–H and O–H groups in total. The van der Waals surface area contributed by atoms with Gasteiger partial charge in [-0.15, -0.1) is 0 Å². The Morgan fingerprint density at radius 1 is 0.774 bits per heavy atom. The van der Waals surface area contributed by atoms with Crippen molar-refractivity contribution in [2.75, 3.05) is 19.8 Å². The molecule has 1 aromatic carbocycles. The van der Waals surface area contributed by atoms with Crippen molar-refractivity contribution < 1.29 is 62.3 Å². The van der Waals surface area contributed by atoms with Crippen LogP contribution >= 0.6 is 7.82 Å². The second-order valence-corrected chi connectivity index (χ2v) is 13.9. The molecule has 0 saturated carbocycles. The zero-order valence-electron chi connectivity index (χ0n) is 27.7. The highest BCUT2D eigenvalue weighted by Crippen LogP contribution is 2.51. The lowest BCUT2D eigenvalue weighted by atomic mass is 9.99. The average Bonchev–Trinajstić information content (AvgIpc) is 3.81. The Bertz CT molecular complexity index is 1950. The molecule has 21 nitrogen and oxygen atoms in total. The van der Waals surface area contributed by atoms with Crippen LogP contribution in [0.15, 0.2) is 68.0 Å². The van der Waals surface area contributed by atoms with Crippen LogP contribution in [0.5, 0.6) is 5.75 Å². The molecule has 3 aliphatic heterocycles. The van der Waals surface area contributed by atoms with Gasteiger partial charge in [0, 0.05) is 24.5 Å². The number of nitrogens with one attached hydrogen (secondary N) is 2. The fourth-order valence-corrected chi connectivity index (χ4v) is 7.22. The van der Waals surface area contributed by atoms with Gasteiger partial charge in [-0.2, -0.15) is 0 Å². The number of esters is 1. The SMILES string of the molecule is O=C(OC1O[C@H](CO)[C@@H](O)[C@H](O)[C@H]1O)c1ccccc1OP(=O)(OC[C@@H]1CC[C@H](n2ccc(=O)[nH]c2=O)O1)OC[C@@H]1CC[C@H](n2ccc(=O)[nH]c2=O)O1. The molecule has 1 unspecified atom stereocenters. The first-order valence-electron chi connectivity index (χ1n) is 16.5. The molecule has 3 aromatic rings. The molecule has 9 atom stereocenters. The third kappa shape index (κ3) is 8.92. The number of phosphoric ester groups is 1. The second-order valence-electron chi connectivity index (χ2n) is 12.3. The topological polar surface area (TPSA) is 289 Å². The number of aromatic amines is 2. The number of aliphatic hydroxyl groups excluding tert-OH is 4. The number of aliphatic hydroxyl groups is 4. The molecule has 6 rings (SSSR count). The normalized spacial score (nSPS) is 28.9. The number of rotatable bonds is 13. The fraction of sp³-hybridized carbons (Fsp3) is 0.516. The summed E-state index contributed by atoms with van der Waals surface area (Å²) in [5, 5.41) is 40.0. The molecule has 3 saturated heterocycles. The first-order valence-corrected chi connectivity index (χ1v) is 17.9. The molecule has 0 spiro atoms. The van der Waals surface area contributed by atoms with Gasteiger partial charge < -0.3 is 43.9 Å². The molecule has 2 aromatic heterocycles. The lowest BCUT2D eigenvalue weighted by Crippen LogP contribution is -2.59. The predicted octanol–water partition coefficient (Wildman–Crippen LogP) is -1.38. The van der Waals surface area contributed by atoms with Crippen LogP contribution in [0.2, 0.25) is 0 Å². The highest BCUT2D eigenvalue weighted by molar-refractivity contribution is 7.48. The van der Waals surface area contributed by atoms with Crippen molar-refractivity contribution in [3.05, 3.63) is 96.0 Å². The highest BCUT2D eigenvalue weighted by atomic mass is 31.2. The summed E-state index contributed by atoms with van der Waals surface area (Å²) in [6, 6.07) is 7.65. The molecule has 288 valence electrons. The van der Waals surface area contributed by atoms with Gasteiger partial charge in [0.25, 0.3) is 11.1 Å².